The fourth-order valence-electron chi connectivity index (χ4n) is 3.83. The minimum atomic E-state index is -3.88. The smallest absolute Gasteiger partial charge is 0.273 e. The molecule has 0 bridgehead atoms. The van der Waals surface area contributed by atoms with E-state index in [0.29, 0.717) is 49.7 Å². The number of nitro groups is 1. The van der Waals surface area contributed by atoms with Gasteiger partial charge in [-0.2, -0.15) is 4.31 Å². The molecular formula is C20H22N2O6S. The normalized spacial score (nSPS) is 19.7. The molecule has 0 aliphatic carbocycles. The lowest BCUT2D eigenvalue weighted by Gasteiger charge is -2.25. The maximum atomic E-state index is 13.3. The quantitative estimate of drug-likeness (QED) is 0.556. The Bertz CT molecular complexity index is 1050. The number of nitro benzene ring substituents is 1. The lowest BCUT2D eigenvalue weighted by molar-refractivity contribution is -0.385. The van der Waals surface area contributed by atoms with Crippen LogP contribution in [0, 0.1) is 17.0 Å². The summed E-state index contributed by atoms with van der Waals surface area (Å²) in [5.41, 5.74) is 1.06. The van der Waals surface area contributed by atoms with Crippen molar-refractivity contribution in [2.45, 2.75) is 37.1 Å². The van der Waals surface area contributed by atoms with Crippen LogP contribution < -0.4 is 9.47 Å². The van der Waals surface area contributed by atoms with Gasteiger partial charge in [0.05, 0.1) is 29.1 Å². The topological polar surface area (TPSA) is 99.0 Å². The van der Waals surface area contributed by atoms with Crippen LogP contribution in [0.1, 0.15) is 36.4 Å². The third-order valence-electron chi connectivity index (χ3n) is 5.34. The highest BCUT2D eigenvalue weighted by atomic mass is 32.2. The molecule has 154 valence electrons. The molecule has 0 radical (unpaired) electrons. The molecule has 2 aliphatic heterocycles. The molecule has 0 saturated carbocycles. The van der Waals surface area contributed by atoms with Crippen LogP contribution in [0.4, 0.5) is 5.69 Å². The van der Waals surface area contributed by atoms with E-state index < -0.39 is 14.9 Å². The van der Waals surface area contributed by atoms with Gasteiger partial charge in [0.2, 0.25) is 10.0 Å². The van der Waals surface area contributed by atoms with Gasteiger partial charge in [0.1, 0.15) is 0 Å². The predicted molar refractivity (Wildman–Crippen MR) is 106 cm³/mol. The van der Waals surface area contributed by atoms with Crippen molar-refractivity contribution in [3.63, 3.8) is 0 Å². The van der Waals surface area contributed by atoms with E-state index in [1.54, 1.807) is 6.92 Å². The summed E-state index contributed by atoms with van der Waals surface area (Å²) >= 11 is 0. The zero-order chi connectivity index (χ0) is 20.6. The SMILES string of the molecule is Cc1ccc(S(=O)(=O)N2CCCC2c2ccc3c(c2)OCCCO3)cc1[N+](=O)[O-]. The minimum Gasteiger partial charge on any atom is -0.490 e. The van der Waals surface area contributed by atoms with Crippen molar-refractivity contribution in [1.82, 2.24) is 4.31 Å². The zero-order valence-corrected chi connectivity index (χ0v) is 16.9. The van der Waals surface area contributed by atoms with Crippen molar-refractivity contribution < 1.29 is 22.8 Å². The first kappa shape index (κ1) is 19.7. The first-order valence-corrected chi connectivity index (χ1v) is 11.0. The second-order valence-electron chi connectivity index (χ2n) is 7.24. The summed E-state index contributed by atoms with van der Waals surface area (Å²) in [6.07, 6.45) is 2.18. The van der Waals surface area contributed by atoms with Crippen LogP contribution in [0.15, 0.2) is 41.3 Å². The summed E-state index contributed by atoms with van der Waals surface area (Å²) in [5.74, 6) is 1.28. The summed E-state index contributed by atoms with van der Waals surface area (Å²) < 4.78 is 39.4. The number of benzene rings is 2. The minimum absolute atomic E-state index is 0.0592. The van der Waals surface area contributed by atoms with Gasteiger partial charge in [-0.15, -0.1) is 0 Å². The number of hydrogen-bond acceptors (Lipinski definition) is 6. The lowest BCUT2D eigenvalue weighted by Crippen LogP contribution is -2.30. The van der Waals surface area contributed by atoms with Gasteiger partial charge in [0.25, 0.3) is 5.69 Å². The Hall–Kier alpha value is -2.65. The number of sulfonamides is 1. The number of nitrogens with zero attached hydrogens (tertiary/aromatic N) is 2. The van der Waals surface area contributed by atoms with Gasteiger partial charge >= 0.3 is 0 Å². The average Bonchev–Trinajstić information content (AvgIpc) is 3.08. The van der Waals surface area contributed by atoms with Crippen molar-refractivity contribution in [1.29, 1.82) is 0 Å². The summed E-state index contributed by atoms with van der Waals surface area (Å²) in [7, 11) is -3.88. The first-order chi connectivity index (χ1) is 13.9. The van der Waals surface area contributed by atoms with Crippen LogP contribution in [-0.4, -0.2) is 37.4 Å². The van der Waals surface area contributed by atoms with Crippen LogP contribution in [0.5, 0.6) is 11.5 Å². The Balaban J connectivity index is 1.69. The van der Waals surface area contributed by atoms with Gasteiger partial charge in [0.15, 0.2) is 11.5 Å². The van der Waals surface area contributed by atoms with Crippen LogP contribution in [0.2, 0.25) is 0 Å². The van der Waals surface area contributed by atoms with Crippen molar-refractivity contribution >= 4 is 15.7 Å². The highest BCUT2D eigenvalue weighted by molar-refractivity contribution is 7.89. The van der Waals surface area contributed by atoms with Gasteiger partial charge in [-0.3, -0.25) is 10.1 Å². The number of ether oxygens (including phenoxy) is 2. The summed E-state index contributed by atoms with van der Waals surface area (Å²) in [5, 5.41) is 11.2. The highest BCUT2D eigenvalue weighted by Gasteiger charge is 2.37. The summed E-state index contributed by atoms with van der Waals surface area (Å²) in [6, 6.07) is 9.23. The summed E-state index contributed by atoms with van der Waals surface area (Å²) in [6.45, 7) is 3.09. The van der Waals surface area contributed by atoms with Gasteiger partial charge in [-0.25, -0.2) is 8.42 Å². The molecule has 2 aliphatic rings. The molecule has 9 heteroatoms. The van der Waals surface area contributed by atoms with E-state index in [4.69, 9.17) is 9.47 Å². The molecule has 2 aromatic carbocycles. The number of fused-ring (bicyclic) bond motifs is 1. The van der Waals surface area contributed by atoms with E-state index in [2.05, 4.69) is 0 Å². The van der Waals surface area contributed by atoms with Gasteiger partial charge in [-0.1, -0.05) is 12.1 Å². The molecule has 0 aromatic heterocycles. The second-order valence-corrected chi connectivity index (χ2v) is 9.13. The van der Waals surface area contributed by atoms with Gasteiger partial charge < -0.3 is 9.47 Å². The Morgan fingerprint density at radius 2 is 1.83 bits per heavy atom. The third kappa shape index (κ3) is 3.67. The number of hydrogen-bond donors (Lipinski definition) is 0. The molecular weight excluding hydrogens is 396 g/mol. The Morgan fingerprint density at radius 3 is 2.59 bits per heavy atom. The second kappa shape index (κ2) is 7.64. The van der Waals surface area contributed by atoms with E-state index >= 15 is 0 Å². The van der Waals surface area contributed by atoms with E-state index in [1.165, 1.54) is 16.4 Å². The Kier molecular flexibility index (Phi) is 5.18. The molecule has 2 aromatic rings. The van der Waals surface area contributed by atoms with Crippen LogP contribution >= 0.6 is 0 Å². The van der Waals surface area contributed by atoms with Crippen LogP contribution in [0.25, 0.3) is 0 Å². The fraction of sp³-hybridized carbons (Fsp3) is 0.400. The molecule has 1 saturated heterocycles. The monoisotopic (exact) mass is 418 g/mol. The van der Waals surface area contributed by atoms with Crippen LogP contribution in [0.3, 0.4) is 0 Å². The zero-order valence-electron chi connectivity index (χ0n) is 16.0. The molecule has 1 unspecified atom stereocenters. The highest BCUT2D eigenvalue weighted by Crippen LogP contribution is 2.40. The predicted octanol–water partition coefficient (Wildman–Crippen LogP) is 3.59. The maximum Gasteiger partial charge on any atom is 0.273 e. The van der Waals surface area contributed by atoms with Gasteiger partial charge in [0, 0.05) is 24.6 Å². The summed E-state index contributed by atoms with van der Waals surface area (Å²) in [4.78, 5) is 10.6. The largest absolute Gasteiger partial charge is 0.490 e. The standard InChI is InChI=1S/C20H22N2O6S/c1-14-5-7-16(13-18(14)22(23)24)29(25,26)21-9-2-4-17(21)15-6-8-19-20(12-15)28-11-3-10-27-19/h5-8,12-13,17H,2-4,9-11H2,1H3. The van der Waals surface area contributed by atoms with Crippen molar-refractivity contribution in [3.05, 3.63) is 57.6 Å². The van der Waals surface area contributed by atoms with E-state index in [-0.39, 0.29) is 16.6 Å². The first-order valence-electron chi connectivity index (χ1n) is 9.54. The van der Waals surface area contributed by atoms with E-state index in [9.17, 15) is 18.5 Å². The van der Waals surface area contributed by atoms with Crippen LogP contribution in [-0.2, 0) is 10.0 Å². The fourth-order valence-corrected chi connectivity index (χ4v) is 5.53. The van der Waals surface area contributed by atoms with Gasteiger partial charge in [-0.05, 0) is 43.5 Å². The Morgan fingerprint density at radius 1 is 1.07 bits per heavy atom. The van der Waals surface area contributed by atoms with E-state index in [0.717, 1.165) is 18.1 Å². The molecule has 1 atom stereocenters. The van der Waals surface area contributed by atoms with Crippen molar-refractivity contribution in [2.75, 3.05) is 19.8 Å². The van der Waals surface area contributed by atoms with Crippen molar-refractivity contribution in [2.24, 2.45) is 0 Å². The molecule has 2 heterocycles. The molecule has 8 nitrogen and oxygen atoms in total. The lowest BCUT2D eigenvalue weighted by atomic mass is 10.0. The molecule has 4 rings (SSSR count). The van der Waals surface area contributed by atoms with E-state index in [1.807, 2.05) is 18.2 Å². The molecule has 0 N–H and O–H groups in total. The third-order valence-corrected chi connectivity index (χ3v) is 7.25. The molecule has 0 spiro atoms. The number of rotatable bonds is 4. The average molecular weight is 418 g/mol. The molecule has 0 amide bonds. The van der Waals surface area contributed by atoms with Crippen molar-refractivity contribution in [3.8, 4) is 11.5 Å². The number of aryl methyl sites for hydroxylation is 1. The Labute approximate surface area is 169 Å². The molecule has 1 fully saturated rings. The maximum absolute atomic E-state index is 13.3. The molecule has 29 heavy (non-hydrogen) atoms.